The number of carbonyl (C=O) groups excluding carboxylic acids is 1. The van der Waals surface area contributed by atoms with Crippen LogP contribution in [0.2, 0.25) is 0 Å². The molecule has 0 aromatic heterocycles. The van der Waals surface area contributed by atoms with Crippen LogP contribution < -0.4 is 9.47 Å². The van der Waals surface area contributed by atoms with Gasteiger partial charge in [0.05, 0.1) is 20.3 Å². The van der Waals surface area contributed by atoms with Crippen LogP contribution in [-0.4, -0.2) is 24.6 Å². The third-order valence-electron chi connectivity index (χ3n) is 3.09. The first-order valence-corrected chi connectivity index (χ1v) is 6.73. The van der Waals surface area contributed by atoms with E-state index in [4.69, 9.17) is 14.6 Å². The van der Waals surface area contributed by atoms with Gasteiger partial charge in [-0.2, -0.15) is 0 Å². The fourth-order valence-corrected chi connectivity index (χ4v) is 1.95. The normalized spacial score (nSPS) is 10.2. The SMILES string of the molecule is COc1cc(CO)ccc1OCCC(=O)c1ccccc1. The van der Waals surface area contributed by atoms with Crippen molar-refractivity contribution >= 4 is 5.78 Å². The fourth-order valence-electron chi connectivity index (χ4n) is 1.95. The van der Waals surface area contributed by atoms with E-state index in [9.17, 15) is 4.79 Å². The first kappa shape index (κ1) is 15.1. The van der Waals surface area contributed by atoms with Crippen molar-refractivity contribution < 1.29 is 19.4 Å². The third kappa shape index (κ3) is 4.07. The largest absolute Gasteiger partial charge is 0.493 e. The number of rotatable bonds is 7. The fraction of sp³-hybridized carbons (Fsp3) is 0.235. The third-order valence-corrected chi connectivity index (χ3v) is 3.09. The summed E-state index contributed by atoms with van der Waals surface area (Å²) in [6.07, 6.45) is 0.301. The summed E-state index contributed by atoms with van der Waals surface area (Å²) in [6, 6.07) is 14.3. The van der Waals surface area contributed by atoms with E-state index < -0.39 is 0 Å². The van der Waals surface area contributed by atoms with Crippen molar-refractivity contribution in [2.75, 3.05) is 13.7 Å². The minimum atomic E-state index is -0.0524. The zero-order chi connectivity index (χ0) is 15.1. The molecule has 2 aromatic rings. The average Bonchev–Trinajstić information content (AvgIpc) is 2.55. The average molecular weight is 286 g/mol. The van der Waals surface area contributed by atoms with E-state index in [1.54, 1.807) is 37.4 Å². The summed E-state index contributed by atoms with van der Waals surface area (Å²) < 4.78 is 10.8. The zero-order valence-electron chi connectivity index (χ0n) is 11.9. The second-order valence-electron chi connectivity index (χ2n) is 4.53. The van der Waals surface area contributed by atoms with Crippen molar-refractivity contribution in [1.82, 2.24) is 0 Å². The van der Waals surface area contributed by atoms with E-state index in [0.717, 1.165) is 5.56 Å². The molecule has 2 aromatic carbocycles. The van der Waals surface area contributed by atoms with Crippen molar-refractivity contribution in [3.05, 3.63) is 59.7 Å². The Morgan fingerprint density at radius 2 is 1.86 bits per heavy atom. The van der Waals surface area contributed by atoms with Crippen molar-refractivity contribution in [2.45, 2.75) is 13.0 Å². The number of hydrogen-bond acceptors (Lipinski definition) is 4. The number of hydrogen-bond donors (Lipinski definition) is 1. The van der Waals surface area contributed by atoms with Gasteiger partial charge in [0, 0.05) is 12.0 Å². The van der Waals surface area contributed by atoms with Crippen LogP contribution in [0.15, 0.2) is 48.5 Å². The maximum absolute atomic E-state index is 11.9. The van der Waals surface area contributed by atoms with Gasteiger partial charge < -0.3 is 14.6 Å². The van der Waals surface area contributed by atoms with E-state index in [0.29, 0.717) is 23.5 Å². The first-order chi connectivity index (χ1) is 10.2. The quantitative estimate of drug-likeness (QED) is 0.795. The number of methoxy groups -OCH3 is 1. The summed E-state index contributed by atoms with van der Waals surface area (Å²) in [6.45, 7) is 0.228. The molecule has 0 spiro atoms. The molecule has 21 heavy (non-hydrogen) atoms. The molecule has 0 amide bonds. The van der Waals surface area contributed by atoms with Gasteiger partial charge in [-0.15, -0.1) is 0 Å². The number of ketones is 1. The van der Waals surface area contributed by atoms with Gasteiger partial charge in [0.2, 0.25) is 0 Å². The number of aliphatic hydroxyl groups excluding tert-OH is 1. The molecule has 0 atom stereocenters. The molecule has 0 saturated carbocycles. The molecule has 4 nitrogen and oxygen atoms in total. The van der Waals surface area contributed by atoms with Gasteiger partial charge in [-0.3, -0.25) is 4.79 Å². The summed E-state index contributed by atoms with van der Waals surface area (Å²) in [5.74, 6) is 1.16. The Bertz CT molecular complexity index is 593. The van der Waals surface area contributed by atoms with Crippen LogP contribution in [0.1, 0.15) is 22.3 Å². The molecule has 1 N–H and O–H groups in total. The van der Waals surface area contributed by atoms with E-state index in [-0.39, 0.29) is 19.0 Å². The molecule has 0 aliphatic rings. The van der Waals surface area contributed by atoms with Crippen LogP contribution in [0.25, 0.3) is 0 Å². The highest BCUT2D eigenvalue weighted by Crippen LogP contribution is 2.28. The predicted molar refractivity (Wildman–Crippen MR) is 79.8 cm³/mol. The molecule has 0 bridgehead atoms. The molecule has 0 fully saturated rings. The summed E-state index contributed by atoms with van der Waals surface area (Å²) >= 11 is 0. The number of Topliss-reactive ketones (excluding diaryl/α,β-unsaturated/α-hetero) is 1. The van der Waals surface area contributed by atoms with Crippen molar-refractivity contribution in [1.29, 1.82) is 0 Å². The van der Waals surface area contributed by atoms with Gasteiger partial charge in [-0.1, -0.05) is 36.4 Å². The second kappa shape index (κ2) is 7.45. The zero-order valence-corrected chi connectivity index (χ0v) is 11.9. The van der Waals surface area contributed by atoms with Gasteiger partial charge >= 0.3 is 0 Å². The van der Waals surface area contributed by atoms with Crippen LogP contribution in [0, 0.1) is 0 Å². The monoisotopic (exact) mass is 286 g/mol. The Labute approximate surface area is 123 Å². The van der Waals surface area contributed by atoms with E-state index in [2.05, 4.69) is 0 Å². The predicted octanol–water partition coefficient (Wildman–Crippen LogP) is 2.84. The molecule has 0 aliphatic carbocycles. The lowest BCUT2D eigenvalue weighted by molar-refractivity contribution is 0.0961. The summed E-state index contributed by atoms with van der Waals surface area (Å²) in [5.41, 5.74) is 1.43. The molecular weight excluding hydrogens is 268 g/mol. The van der Waals surface area contributed by atoms with Gasteiger partial charge in [0.15, 0.2) is 17.3 Å². The highest BCUT2D eigenvalue weighted by atomic mass is 16.5. The molecule has 2 rings (SSSR count). The molecule has 0 heterocycles. The molecule has 0 saturated heterocycles. The van der Waals surface area contributed by atoms with Crippen LogP contribution in [0.5, 0.6) is 11.5 Å². The molecular formula is C17H18O4. The molecule has 110 valence electrons. The van der Waals surface area contributed by atoms with Crippen LogP contribution in [0.4, 0.5) is 0 Å². The number of aliphatic hydroxyl groups is 1. The topological polar surface area (TPSA) is 55.8 Å². The number of ether oxygens (including phenoxy) is 2. The molecule has 0 unspecified atom stereocenters. The lowest BCUT2D eigenvalue weighted by Crippen LogP contribution is -2.07. The van der Waals surface area contributed by atoms with Crippen molar-refractivity contribution in [3.63, 3.8) is 0 Å². The first-order valence-electron chi connectivity index (χ1n) is 6.73. The highest BCUT2D eigenvalue weighted by molar-refractivity contribution is 5.96. The Morgan fingerprint density at radius 1 is 1.10 bits per heavy atom. The molecule has 4 heteroatoms. The minimum absolute atomic E-state index is 0.0431. The lowest BCUT2D eigenvalue weighted by Gasteiger charge is -2.11. The van der Waals surface area contributed by atoms with Crippen molar-refractivity contribution in [3.8, 4) is 11.5 Å². The number of benzene rings is 2. The second-order valence-corrected chi connectivity index (χ2v) is 4.53. The van der Waals surface area contributed by atoms with E-state index in [1.165, 1.54) is 0 Å². The summed E-state index contributed by atoms with van der Waals surface area (Å²) in [5, 5.41) is 9.08. The Hall–Kier alpha value is -2.33. The molecule has 0 radical (unpaired) electrons. The maximum atomic E-state index is 11.9. The van der Waals surface area contributed by atoms with Gasteiger partial charge in [-0.05, 0) is 17.7 Å². The highest BCUT2D eigenvalue weighted by Gasteiger charge is 2.08. The lowest BCUT2D eigenvalue weighted by atomic mass is 10.1. The summed E-state index contributed by atoms with van der Waals surface area (Å²) in [7, 11) is 1.54. The number of carbonyl (C=O) groups is 1. The Kier molecular flexibility index (Phi) is 5.35. The minimum Gasteiger partial charge on any atom is -0.493 e. The standard InChI is InChI=1S/C17H18O4/c1-20-17-11-13(12-18)7-8-16(17)21-10-9-15(19)14-5-3-2-4-6-14/h2-8,11,18H,9-10,12H2,1H3. The van der Waals surface area contributed by atoms with Gasteiger partial charge in [-0.25, -0.2) is 0 Å². The Morgan fingerprint density at radius 3 is 2.52 bits per heavy atom. The van der Waals surface area contributed by atoms with E-state index in [1.807, 2.05) is 18.2 Å². The Balaban J connectivity index is 1.93. The van der Waals surface area contributed by atoms with Crippen LogP contribution in [-0.2, 0) is 6.61 Å². The molecule has 0 aliphatic heterocycles. The maximum Gasteiger partial charge on any atom is 0.166 e. The smallest absolute Gasteiger partial charge is 0.166 e. The van der Waals surface area contributed by atoms with Crippen molar-refractivity contribution in [2.24, 2.45) is 0 Å². The van der Waals surface area contributed by atoms with Crippen LogP contribution >= 0.6 is 0 Å². The summed E-state index contributed by atoms with van der Waals surface area (Å²) in [4.78, 5) is 11.9. The van der Waals surface area contributed by atoms with Gasteiger partial charge in [0.25, 0.3) is 0 Å². The van der Waals surface area contributed by atoms with Gasteiger partial charge in [0.1, 0.15) is 0 Å². The van der Waals surface area contributed by atoms with Crippen LogP contribution in [0.3, 0.4) is 0 Å². The van der Waals surface area contributed by atoms with E-state index >= 15 is 0 Å².